The fourth-order valence-corrected chi connectivity index (χ4v) is 9.00. The van der Waals surface area contributed by atoms with E-state index in [0.29, 0.717) is 94.1 Å². The van der Waals surface area contributed by atoms with E-state index < -0.39 is 5.95 Å². The van der Waals surface area contributed by atoms with Crippen molar-refractivity contribution in [2.24, 2.45) is 23.3 Å². The summed E-state index contributed by atoms with van der Waals surface area (Å²) in [7, 11) is 0. The molecule has 64 heavy (non-hydrogen) atoms. The molecule has 16 nitrogen and oxygen atoms in total. The van der Waals surface area contributed by atoms with Crippen LogP contribution in [-0.2, 0) is 22.4 Å². The number of rotatable bonds is 8. The van der Waals surface area contributed by atoms with Crippen molar-refractivity contribution in [3.8, 4) is 23.0 Å². The molecule has 0 spiro atoms. The molecule has 2 fully saturated rings. The van der Waals surface area contributed by atoms with Gasteiger partial charge in [0, 0.05) is 118 Å². The Kier molecular flexibility index (Phi) is 11.7. The summed E-state index contributed by atoms with van der Waals surface area (Å²) < 4.78 is 29.0. The molecule has 4 unspecified atom stereocenters. The Morgan fingerprint density at radius 2 is 1.12 bits per heavy atom. The first kappa shape index (κ1) is 42.1. The molecule has 2 saturated heterocycles. The van der Waals surface area contributed by atoms with Gasteiger partial charge in [-0.05, 0) is 51.0 Å². The van der Waals surface area contributed by atoms with Crippen LogP contribution in [0.1, 0.15) is 61.3 Å². The average molecular weight is 867 g/mol. The van der Waals surface area contributed by atoms with Gasteiger partial charge in [-0.3, -0.25) is 19.6 Å². The van der Waals surface area contributed by atoms with Crippen LogP contribution in [0.3, 0.4) is 0 Å². The minimum Gasteiger partial charge on any atom is -0.370 e. The second-order valence-corrected chi connectivity index (χ2v) is 16.5. The molecule has 328 valence electrons. The number of primary amides is 2. The Balaban J connectivity index is 0.000000162. The SMILES string of the molecule is CC1c2cnc(-c3ccccn3)nc2CCN1c1cc(F)cc(N2CCC(C(N)=O)C2)n1.CC1c2cnc(-c3ccccn3)nc2CCN1c1cc(N2CCC(C(N)=O)C2)cc(F)n1. The molecular formula is C46H48F2N14O2. The van der Waals surface area contributed by atoms with E-state index >= 15 is 0 Å². The highest BCUT2D eigenvalue weighted by Gasteiger charge is 2.33. The van der Waals surface area contributed by atoms with Crippen molar-refractivity contribution >= 4 is 35.0 Å². The fourth-order valence-electron chi connectivity index (χ4n) is 9.00. The van der Waals surface area contributed by atoms with Crippen molar-refractivity contribution in [1.29, 1.82) is 0 Å². The highest BCUT2D eigenvalue weighted by molar-refractivity contribution is 5.79. The maximum Gasteiger partial charge on any atom is 0.222 e. The molecule has 6 aromatic heterocycles. The van der Waals surface area contributed by atoms with Gasteiger partial charge in [-0.1, -0.05) is 12.1 Å². The predicted octanol–water partition coefficient (Wildman–Crippen LogP) is 5.02. The number of amides is 2. The van der Waals surface area contributed by atoms with Crippen molar-refractivity contribution < 1.29 is 18.4 Å². The van der Waals surface area contributed by atoms with E-state index in [1.54, 1.807) is 12.4 Å². The van der Waals surface area contributed by atoms with Crippen LogP contribution in [0.4, 0.5) is 31.9 Å². The first-order chi connectivity index (χ1) is 31.0. The lowest BCUT2D eigenvalue weighted by Gasteiger charge is -2.36. The summed E-state index contributed by atoms with van der Waals surface area (Å²) in [6.45, 7) is 7.68. The zero-order chi connectivity index (χ0) is 44.5. The monoisotopic (exact) mass is 866 g/mol. The highest BCUT2D eigenvalue weighted by atomic mass is 19.1. The van der Waals surface area contributed by atoms with E-state index in [-0.39, 0.29) is 41.6 Å². The third-order valence-electron chi connectivity index (χ3n) is 12.6. The number of nitrogens with zero attached hydrogens (tertiary/aromatic N) is 12. The average Bonchev–Trinajstić information content (AvgIpc) is 4.02. The summed E-state index contributed by atoms with van der Waals surface area (Å²) in [6.07, 6.45) is 9.85. The molecule has 18 heteroatoms. The molecular weight excluding hydrogens is 819 g/mol. The number of anilines is 4. The zero-order valence-electron chi connectivity index (χ0n) is 35.6. The van der Waals surface area contributed by atoms with Crippen molar-refractivity contribution in [2.45, 2.75) is 51.6 Å². The van der Waals surface area contributed by atoms with E-state index in [0.717, 1.165) is 39.6 Å². The van der Waals surface area contributed by atoms with Crippen LogP contribution in [0.15, 0.2) is 85.5 Å². The van der Waals surface area contributed by atoms with Crippen molar-refractivity contribution in [1.82, 2.24) is 39.9 Å². The van der Waals surface area contributed by atoms with E-state index in [4.69, 9.17) is 26.4 Å². The maximum absolute atomic E-state index is 14.5. The summed E-state index contributed by atoms with van der Waals surface area (Å²) in [5.41, 5.74) is 17.0. The molecule has 4 N–H and O–H groups in total. The van der Waals surface area contributed by atoms with Gasteiger partial charge >= 0.3 is 0 Å². The molecule has 10 rings (SSSR count). The smallest absolute Gasteiger partial charge is 0.222 e. The number of carbonyl (C=O) groups excluding carboxylic acids is 2. The second-order valence-electron chi connectivity index (χ2n) is 16.5. The van der Waals surface area contributed by atoms with Gasteiger partial charge in [0.05, 0.1) is 35.3 Å². The predicted molar refractivity (Wildman–Crippen MR) is 237 cm³/mol. The summed E-state index contributed by atoms with van der Waals surface area (Å²) in [4.78, 5) is 67.2. The lowest BCUT2D eigenvalue weighted by molar-refractivity contribution is -0.121. The molecule has 0 bridgehead atoms. The molecule has 0 radical (unpaired) electrons. The van der Waals surface area contributed by atoms with E-state index in [9.17, 15) is 18.4 Å². The Hall–Kier alpha value is -7.24. The molecule has 4 aliphatic rings. The topological polar surface area (TPSA) is 202 Å². The van der Waals surface area contributed by atoms with Crippen LogP contribution in [0.25, 0.3) is 23.0 Å². The molecule has 6 aromatic rings. The number of hydrogen-bond acceptors (Lipinski definition) is 14. The van der Waals surface area contributed by atoms with Crippen LogP contribution in [-0.4, -0.2) is 91.0 Å². The Bertz CT molecular complexity index is 2500. The first-order valence-corrected chi connectivity index (χ1v) is 21.5. The van der Waals surface area contributed by atoms with Crippen LogP contribution >= 0.6 is 0 Å². The lowest BCUT2D eigenvalue weighted by Crippen LogP contribution is -2.36. The fraction of sp³-hybridized carbons (Fsp3) is 0.348. The van der Waals surface area contributed by atoms with Gasteiger partial charge in [0.25, 0.3) is 0 Å². The quantitative estimate of drug-likeness (QED) is 0.193. The van der Waals surface area contributed by atoms with Crippen molar-refractivity contribution in [2.75, 3.05) is 58.9 Å². The standard InChI is InChI=1S/2C23H24FN7O/c1-14-17-12-27-23(19-4-2-3-7-26-19)28-18(17)6-9-31(14)21-11-16(10-20(24)29-21)30-8-5-15(13-30)22(25)32;1-14-17-12-27-23(19-4-2-3-7-26-19)28-18(17)6-9-31(14)21-11-16(24)10-20(29-21)30-8-5-15(13-30)22(25)32/h2*2-4,7,10-12,14-15H,5-6,8-9,13H2,1H3,(H2,25,32). The minimum absolute atomic E-state index is 0.0596. The Morgan fingerprint density at radius 1 is 0.609 bits per heavy atom. The number of hydrogen-bond donors (Lipinski definition) is 2. The summed E-state index contributed by atoms with van der Waals surface area (Å²) in [5, 5.41) is 0. The van der Waals surface area contributed by atoms with Gasteiger partial charge in [-0.15, -0.1) is 0 Å². The Morgan fingerprint density at radius 3 is 1.64 bits per heavy atom. The normalized spacial score (nSPS) is 20.3. The van der Waals surface area contributed by atoms with Crippen LogP contribution in [0.5, 0.6) is 0 Å². The van der Waals surface area contributed by atoms with E-state index in [1.165, 1.54) is 18.2 Å². The number of pyridine rings is 4. The summed E-state index contributed by atoms with van der Waals surface area (Å²) in [5.74, 6) is 0.905. The third kappa shape index (κ3) is 8.71. The van der Waals surface area contributed by atoms with Gasteiger partial charge < -0.3 is 31.1 Å². The Labute approximate surface area is 368 Å². The number of fused-ring (bicyclic) bond motifs is 2. The maximum atomic E-state index is 14.5. The molecule has 0 aromatic carbocycles. The number of nitrogens with two attached hydrogens (primary N) is 2. The summed E-state index contributed by atoms with van der Waals surface area (Å²) >= 11 is 0. The van der Waals surface area contributed by atoms with Gasteiger partial charge in [0.1, 0.15) is 34.7 Å². The van der Waals surface area contributed by atoms with Crippen molar-refractivity contribution in [3.63, 3.8) is 0 Å². The molecule has 0 saturated carbocycles. The number of aromatic nitrogens is 8. The molecule has 4 aliphatic heterocycles. The van der Waals surface area contributed by atoms with Crippen LogP contribution < -0.4 is 31.1 Å². The number of carbonyl (C=O) groups is 2. The highest BCUT2D eigenvalue weighted by Crippen LogP contribution is 2.36. The largest absolute Gasteiger partial charge is 0.370 e. The van der Waals surface area contributed by atoms with Crippen LogP contribution in [0, 0.1) is 23.6 Å². The van der Waals surface area contributed by atoms with Crippen LogP contribution in [0.2, 0.25) is 0 Å². The molecule has 4 atom stereocenters. The van der Waals surface area contributed by atoms with E-state index in [1.807, 2.05) is 78.5 Å². The second kappa shape index (κ2) is 17.9. The minimum atomic E-state index is -0.542. The van der Waals surface area contributed by atoms with Gasteiger partial charge in [0.15, 0.2) is 11.6 Å². The summed E-state index contributed by atoms with van der Waals surface area (Å²) in [6, 6.07) is 17.4. The third-order valence-corrected chi connectivity index (χ3v) is 12.6. The lowest BCUT2D eigenvalue weighted by atomic mass is 9.99. The number of halogens is 2. The molecule has 10 heterocycles. The van der Waals surface area contributed by atoms with Gasteiger partial charge in [-0.2, -0.15) is 4.39 Å². The van der Waals surface area contributed by atoms with Crippen molar-refractivity contribution in [3.05, 3.63) is 120 Å². The van der Waals surface area contributed by atoms with E-state index in [2.05, 4.69) is 34.7 Å². The van der Waals surface area contributed by atoms with Gasteiger partial charge in [-0.25, -0.2) is 34.3 Å². The van der Waals surface area contributed by atoms with Gasteiger partial charge in [0.2, 0.25) is 17.8 Å². The zero-order valence-corrected chi connectivity index (χ0v) is 35.6. The first-order valence-electron chi connectivity index (χ1n) is 21.5. The molecule has 2 amide bonds. The molecule has 0 aliphatic carbocycles.